The van der Waals surface area contributed by atoms with Gasteiger partial charge in [-0.2, -0.15) is 0 Å². The smallest absolute Gasteiger partial charge is 0.247 e. The van der Waals surface area contributed by atoms with Crippen LogP contribution in [0.2, 0.25) is 10.0 Å². The molecule has 0 saturated carbocycles. The molecule has 0 atom stereocenters. The first-order valence-corrected chi connectivity index (χ1v) is 8.27. The quantitative estimate of drug-likeness (QED) is 0.592. The van der Waals surface area contributed by atoms with Gasteiger partial charge in [-0.15, -0.1) is 10.2 Å². The van der Waals surface area contributed by atoms with Crippen molar-refractivity contribution < 1.29 is 4.42 Å². The summed E-state index contributed by atoms with van der Waals surface area (Å²) in [6.45, 7) is 0.289. The fourth-order valence-corrected chi connectivity index (χ4v) is 3.20. The molecule has 126 valence electrons. The lowest BCUT2D eigenvalue weighted by Gasteiger charge is -2.00. The number of hydrogen-bond acceptors (Lipinski definition) is 4. The van der Waals surface area contributed by atoms with Gasteiger partial charge in [0, 0.05) is 17.6 Å². The average Bonchev–Trinajstić information content (AvgIpc) is 3.16. The fourth-order valence-electron chi connectivity index (χ4n) is 2.78. The van der Waals surface area contributed by atoms with E-state index in [1.807, 2.05) is 24.3 Å². The van der Waals surface area contributed by atoms with Crippen LogP contribution in [0.3, 0.4) is 0 Å². The lowest BCUT2D eigenvalue weighted by Crippen LogP contribution is -2.23. The number of nitrogens with one attached hydrogen (secondary N) is 1. The van der Waals surface area contributed by atoms with Crippen molar-refractivity contribution in [1.82, 2.24) is 19.3 Å². The third-order valence-corrected chi connectivity index (χ3v) is 4.57. The van der Waals surface area contributed by atoms with Gasteiger partial charge < -0.3 is 13.6 Å². The minimum absolute atomic E-state index is 0.289. The Morgan fingerprint density at radius 3 is 2.60 bits per heavy atom. The predicted molar refractivity (Wildman–Crippen MR) is 95.6 cm³/mol. The highest BCUT2D eigenvalue weighted by atomic mass is 35.5. The van der Waals surface area contributed by atoms with Crippen LogP contribution in [0.25, 0.3) is 22.5 Å². The van der Waals surface area contributed by atoms with Crippen LogP contribution in [0.15, 0.2) is 46.9 Å². The Morgan fingerprint density at radius 1 is 1.08 bits per heavy atom. The van der Waals surface area contributed by atoms with Gasteiger partial charge in [-0.3, -0.25) is 5.41 Å². The molecule has 2 aromatic carbocycles. The summed E-state index contributed by atoms with van der Waals surface area (Å²) in [5.74, 6) is 0.827. The first-order valence-electron chi connectivity index (χ1n) is 7.51. The zero-order valence-corrected chi connectivity index (χ0v) is 14.7. The molecule has 6 nitrogen and oxygen atoms in total. The van der Waals surface area contributed by atoms with Crippen LogP contribution in [-0.4, -0.2) is 19.3 Å². The number of nitrogens with zero attached hydrogens (tertiary/aromatic N) is 4. The van der Waals surface area contributed by atoms with Crippen molar-refractivity contribution in [3.05, 3.63) is 64.0 Å². The zero-order valence-electron chi connectivity index (χ0n) is 13.2. The molecule has 0 spiro atoms. The van der Waals surface area contributed by atoms with Gasteiger partial charge in [0.15, 0.2) is 0 Å². The first kappa shape index (κ1) is 15.9. The molecule has 8 heteroatoms. The van der Waals surface area contributed by atoms with Gasteiger partial charge in [0.2, 0.25) is 17.4 Å². The molecule has 0 radical (unpaired) electrons. The molecule has 0 aliphatic rings. The lowest BCUT2D eigenvalue weighted by molar-refractivity contribution is 0.483. The van der Waals surface area contributed by atoms with Gasteiger partial charge in [0.1, 0.15) is 6.54 Å². The molecular weight excluding hydrogens is 361 g/mol. The first-order chi connectivity index (χ1) is 12.0. The van der Waals surface area contributed by atoms with E-state index < -0.39 is 0 Å². The van der Waals surface area contributed by atoms with E-state index in [1.165, 1.54) is 0 Å². The Hall–Kier alpha value is -2.57. The summed E-state index contributed by atoms with van der Waals surface area (Å²) in [7, 11) is 1.81. The Morgan fingerprint density at radius 2 is 1.84 bits per heavy atom. The molecule has 0 saturated heterocycles. The number of para-hydroxylation sites is 1. The van der Waals surface area contributed by atoms with Crippen LogP contribution < -0.4 is 5.62 Å². The van der Waals surface area contributed by atoms with E-state index in [2.05, 4.69) is 10.2 Å². The van der Waals surface area contributed by atoms with Gasteiger partial charge in [0.05, 0.1) is 16.1 Å². The number of aromatic nitrogens is 4. The normalized spacial score (nSPS) is 11.3. The number of hydrogen-bond donors (Lipinski definition) is 1. The van der Waals surface area contributed by atoms with Crippen molar-refractivity contribution in [2.75, 3.05) is 0 Å². The highest BCUT2D eigenvalue weighted by Crippen LogP contribution is 2.23. The van der Waals surface area contributed by atoms with Crippen LogP contribution in [0, 0.1) is 5.41 Å². The molecule has 0 aliphatic heterocycles. The van der Waals surface area contributed by atoms with Crippen molar-refractivity contribution in [2.45, 2.75) is 6.54 Å². The largest absolute Gasteiger partial charge is 0.419 e. The van der Waals surface area contributed by atoms with Gasteiger partial charge in [-0.1, -0.05) is 29.3 Å². The molecule has 1 N–H and O–H groups in total. The summed E-state index contributed by atoms with van der Waals surface area (Å²) in [4.78, 5) is 0. The Bertz CT molecular complexity index is 1120. The van der Waals surface area contributed by atoms with Crippen LogP contribution in [0.5, 0.6) is 0 Å². The second-order valence-corrected chi connectivity index (χ2v) is 6.43. The fraction of sp³-hybridized carbons (Fsp3) is 0.118. The molecule has 0 amide bonds. The summed E-state index contributed by atoms with van der Waals surface area (Å²) >= 11 is 12.2. The van der Waals surface area contributed by atoms with E-state index in [9.17, 15) is 0 Å². The zero-order chi connectivity index (χ0) is 17.6. The molecule has 25 heavy (non-hydrogen) atoms. The number of benzene rings is 2. The Balaban J connectivity index is 1.73. The predicted octanol–water partition coefficient (Wildman–Crippen LogP) is 3.86. The maximum absolute atomic E-state index is 8.33. The molecule has 4 rings (SSSR count). The monoisotopic (exact) mass is 373 g/mol. The van der Waals surface area contributed by atoms with Crippen molar-refractivity contribution in [1.29, 1.82) is 5.41 Å². The third-order valence-electron chi connectivity index (χ3n) is 4.02. The second-order valence-electron chi connectivity index (χ2n) is 5.58. The van der Waals surface area contributed by atoms with Gasteiger partial charge in [0.25, 0.3) is 0 Å². The standard InChI is InChI=1S/C17H13Cl2N5O/c1-23-15-12(19)3-2-4-13(15)24(17(23)20)9-14-21-22-16(25-14)10-5-7-11(18)8-6-10/h2-8,20H,9H2,1H3. The second kappa shape index (κ2) is 6.06. The summed E-state index contributed by atoms with van der Waals surface area (Å²) in [5, 5.41) is 17.7. The van der Waals surface area contributed by atoms with Crippen molar-refractivity contribution in [3.63, 3.8) is 0 Å². The lowest BCUT2D eigenvalue weighted by atomic mass is 10.2. The van der Waals surface area contributed by atoms with Gasteiger partial charge in [-0.25, -0.2) is 0 Å². The van der Waals surface area contributed by atoms with Gasteiger partial charge in [-0.05, 0) is 36.4 Å². The molecule has 2 aromatic heterocycles. The van der Waals surface area contributed by atoms with Crippen molar-refractivity contribution >= 4 is 34.2 Å². The minimum atomic E-state index is 0.289. The topological polar surface area (TPSA) is 72.6 Å². The molecular formula is C17H13Cl2N5O. The maximum atomic E-state index is 8.33. The van der Waals surface area contributed by atoms with Crippen LogP contribution in [0.1, 0.15) is 5.89 Å². The summed E-state index contributed by atoms with van der Waals surface area (Å²) in [6, 6.07) is 12.7. The average molecular weight is 374 g/mol. The summed E-state index contributed by atoms with van der Waals surface area (Å²) < 4.78 is 9.25. The van der Waals surface area contributed by atoms with E-state index in [0.29, 0.717) is 27.4 Å². The Labute approximate surface area is 152 Å². The Kier molecular flexibility index (Phi) is 3.86. The van der Waals surface area contributed by atoms with E-state index in [-0.39, 0.29) is 6.54 Å². The molecule has 2 heterocycles. The van der Waals surface area contributed by atoms with Crippen LogP contribution in [0.4, 0.5) is 0 Å². The summed E-state index contributed by atoms with van der Waals surface area (Å²) in [5.41, 5.74) is 2.73. The number of fused-ring (bicyclic) bond motifs is 1. The number of halogens is 2. The van der Waals surface area contributed by atoms with Crippen LogP contribution in [-0.2, 0) is 13.6 Å². The third kappa shape index (κ3) is 2.73. The number of imidazole rings is 1. The van der Waals surface area contributed by atoms with Crippen molar-refractivity contribution in [3.8, 4) is 11.5 Å². The molecule has 0 bridgehead atoms. The highest BCUT2D eigenvalue weighted by molar-refractivity contribution is 6.35. The van der Waals surface area contributed by atoms with E-state index >= 15 is 0 Å². The molecule has 4 aromatic rings. The number of aryl methyl sites for hydroxylation is 1. The van der Waals surface area contributed by atoms with Gasteiger partial charge >= 0.3 is 0 Å². The number of rotatable bonds is 3. The summed E-state index contributed by atoms with van der Waals surface area (Å²) in [6.07, 6.45) is 0. The van der Waals surface area contributed by atoms with Crippen molar-refractivity contribution in [2.24, 2.45) is 7.05 Å². The minimum Gasteiger partial charge on any atom is -0.419 e. The highest BCUT2D eigenvalue weighted by Gasteiger charge is 2.15. The van der Waals surface area contributed by atoms with Crippen LogP contribution >= 0.6 is 23.2 Å². The molecule has 0 fully saturated rings. The molecule has 0 unspecified atom stereocenters. The van der Waals surface area contributed by atoms with E-state index in [4.69, 9.17) is 33.0 Å². The van der Waals surface area contributed by atoms with E-state index in [1.54, 1.807) is 34.4 Å². The molecule has 0 aliphatic carbocycles. The van der Waals surface area contributed by atoms with E-state index in [0.717, 1.165) is 16.6 Å². The SMILES string of the molecule is Cn1c(=N)n(Cc2nnc(-c3ccc(Cl)cc3)o2)c2cccc(Cl)c21. The maximum Gasteiger partial charge on any atom is 0.247 e.